The van der Waals surface area contributed by atoms with E-state index in [1.165, 1.54) is 0 Å². The van der Waals surface area contributed by atoms with Gasteiger partial charge in [-0.25, -0.2) is 11.2 Å². The number of aliphatic hydroxyl groups excluding tert-OH is 1. The summed E-state index contributed by atoms with van der Waals surface area (Å²) in [5.41, 5.74) is 0. The monoisotopic (exact) mass is 248 g/mol. The zero-order chi connectivity index (χ0) is 12.6. The number of rotatable bonds is 8. The zero-order valence-electron chi connectivity index (χ0n) is 10.4. The fourth-order valence-corrected chi connectivity index (χ4v) is 2.79. The van der Waals surface area contributed by atoms with E-state index in [0.717, 1.165) is 0 Å². The van der Waals surface area contributed by atoms with Crippen molar-refractivity contribution >= 4 is 8.53 Å². The third kappa shape index (κ3) is 5.74. The number of aliphatic hydroxyl groups is 1. The topological polar surface area (TPSA) is 46.3 Å². The van der Waals surface area contributed by atoms with Crippen LogP contribution in [-0.2, 0) is 9.05 Å². The summed E-state index contributed by atoms with van der Waals surface area (Å²) >= 11 is 0. The molecule has 0 radical (unpaired) electrons. The Bertz CT molecular complexity index is 211. The molecular formula is C10H21N2O3P. The number of nitrogens with zero attached hydrogens (tertiary/aromatic N) is 2. The van der Waals surface area contributed by atoms with Crippen molar-refractivity contribution in [3.8, 4) is 0 Å². The third-order valence-electron chi connectivity index (χ3n) is 1.82. The molecule has 0 amide bonds. The van der Waals surface area contributed by atoms with Crippen LogP contribution in [0.4, 0.5) is 0 Å². The first-order valence-electron chi connectivity index (χ1n) is 5.32. The van der Waals surface area contributed by atoms with Crippen molar-refractivity contribution < 1.29 is 14.2 Å². The zero-order valence-corrected chi connectivity index (χ0v) is 11.3. The van der Waals surface area contributed by atoms with Crippen LogP contribution >= 0.6 is 8.53 Å². The minimum atomic E-state index is -1.27. The van der Waals surface area contributed by atoms with Crippen molar-refractivity contribution in [2.45, 2.75) is 39.8 Å². The quantitative estimate of drug-likeness (QED) is 0.310. The molecule has 0 rings (SSSR count). The molecule has 0 aliphatic carbocycles. The van der Waals surface area contributed by atoms with Crippen LogP contribution in [0.25, 0.3) is 4.85 Å². The standard InChI is InChI=1S/C10H21N2O3P/c1-9(2)12(10(3)4)16(15-8-13)14-7-6-11-5/h9-10,13H,6-8H2,1-4H3. The van der Waals surface area contributed by atoms with Crippen LogP contribution in [0.15, 0.2) is 0 Å². The van der Waals surface area contributed by atoms with E-state index in [9.17, 15) is 0 Å². The van der Waals surface area contributed by atoms with E-state index >= 15 is 0 Å². The number of hydrogen-bond donors (Lipinski definition) is 1. The van der Waals surface area contributed by atoms with E-state index in [2.05, 4.69) is 9.52 Å². The molecule has 5 nitrogen and oxygen atoms in total. The van der Waals surface area contributed by atoms with Gasteiger partial charge in [0.1, 0.15) is 6.61 Å². The van der Waals surface area contributed by atoms with Crippen molar-refractivity contribution in [2.75, 3.05) is 19.9 Å². The van der Waals surface area contributed by atoms with Crippen LogP contribution in [-0.4, -0.2) is 41.8 Å². The first kappa shape index (κ1) is 15.8. The Balaban J connectivity index is 4.39. The van der Waals surface area contributed by atoms with Crippen molar-refractivity contribution in [3.63, 3.8) is 0 Å². The van der Waals surface area contributed by atoms with Crippen LogP contribution in [0.3, 0.4) is 0 Å². The van der Waals surface area contributed by atoms with Gasteiger partial charge in [0.15, 0.2) is 6.79 Å². The molecule has 0 saturated heterocycles. The van der Waals surface area contributed by atoms with E-state index in [4.69, 9.17) is 20.7 Å². The predicted octanol–water partition coefficient (Wildman–Crippen LogP) is 2.23. The number of hydrogen-bond acceptors (Lipinski definition) is 4. The Morgan fingerprint density at radius 2 is 1.81 bits per heavy atom. The fourth-order valence-electron chi connectivity index (χ4n) is 1.36. The van der Waals surface area contributed by atoms with Crippen LogP contribution in [0.5, 0.6) is 0 Å². The van der Waals surface area contributed by atoms with Gasteiger partial charge in [0.05, 0.1) is 0 Å². The average Bonchev–Trinajstić information content (AvgIpc) is 2.17. The third-order valence-corrected chi connectivity index (χ3v) is 3.86. The van der Waals surface area contributed by atoms with Gasteiger partial charge in [0, 0.05) is 12.1 Å². The molecular weight excluding hydrogens is 227 g/mol. The van der Waals surface area contributed by atoms with Crippen LogP contribution in [0, 0.1) is 6.57 Å². The highest BCUT2D eigenvalue weighted by molar-refractivity contribution is 7.44. The van der Waals surface area contributed by atoms with Crippen LogP contribution in [0.1, 0.15) is 27.7 Å². The second-order valence-corrected chi connectivity index (χ2v) is 5.23. The molecule has 0 aliphatic rings. The summed E-state index contributed by atoms with van der Waals surface area (Å²) in [5, 5.41) is 8.83. The Morgan fingerprint density at radius 1 is 1.25 bits per heavy atom. The summed E-state index contributed by atoms with van der Waals surface area (Å²) in [6, 6.07) is 0.538. The molecule has 0 bridgehead atoms. The maximum Gasteiger partial charge on any atom is 0.261 e. The summed E-state index contributed by atoms with van der Waals surface area (Å²) < 4.78 is 12.8. The minimum Gasteiger partial charge on any atom is -0.370 e. The average molecular weight is 248 g/mol. The molecule has 6 heteroatoms. The summed E-state index contributed by atoms with van der Waals surface area (Å²) in [5.74, 6) is 0. The van der Waals surface area contributed by atoms with Gasteiger partial charge in [-0.2, -0.15) is 0 Å². The molecule has 0 aliphatic heterocycles. The van der Waals surface area contributed by atoms with Crippen molar-refractivity contribution in [2.24, 2.45) is 0 Å². The van der Waals surface area contributed by atoms with E-state index in [-0.39, 0.29) is 18.9 Å². The minimum absolute atomic E-state index is 0.269. The van der Waals surface area contributed by atoms with Crippen molar-refractivity contribution in [1.29, 1.82) is 0 Å². The first-order chi connectivity index (χ1) is 7.54. The largest absolute Gasteiger partial charge is 0.370 e. The SMILES string of the molecule is [C-]#[N+]CCOP(OCO)N(C(C)C)C(C)C. The highest BCUT2D eigenvalue weighted by Gasteiger charge is 2.26. The summed E-state index contributed by atoms with van der Waals surface area (Å²) in [6.45, 7) is 15.2. The highest BCUT2D eigenvalue weighted by Crippen LogP contribution is 2.45. The first-order valence-corrected chi connectivity index (χ1v) is 6.45. The lowest BCUT2D eigenvalue weighted by Crippen LogP contribution is -2.33. The van der Waals surface area contributed by atoms with Crippen LogP contribution < -0.4 is 0 Å². The second kappa shape index (κ2) is 8.86. The van der Waals surface area contributed by atoms with Gasteiger partial charge >= 0.3 is 0 Å². The predicted molar refractivity (Wildman–Crippen MR) is 64.6 cm³/mol. The van der Waals surface area contributed by atoms with Gasteiger partial charge in [0.25, 0.3) is 8.53 Å². The van der Waals surface area contributed by atoms with Gasteiger partial charge in [-0.3, -0.25) is 4.52 Å². The van der Waals surface area contributed by atoms with E-state index < -0.39 is 8.53 Å². The van der Waals surface area contributed by atoms with Gasteiger partial charge in [-0.1, -0.05) is 0 Å². The Morgan fingerprint density at radius 3 is 2.19 bits per heavy atom. The molecule has 0 fully saturated rings. The smallest absolute Gasteiger partial charge is 0.261 e. The Labute approximate surface area is 99.1 Å². The lowest BCUT2D eigenvalue weighted by Gasteiger charge is -2.34. The van der Waals surface area contributed by atoms with E-state index in [1.54, 1.807) is 0 Å². The Hall–Kier alpha value is -0.240. The maximum absolute atomic E-state index is 8.83. The molecule has 1 unspecified atom stereocenters. The van der Waals surface area contributed by atoms with Gasteiger partial charge in [0.2, 0.25) is 6.54 Å². The second-order valence-electron chi connectivity index (χ2n) is 3.78. The molecule has 0 saturated carbocycles. The molecule has 94 valence electrons. The molecule has 0 aromatic heterocycles. The van der Waals surface area contributed by atoms with Gasteiger partial charge < -0.3 is 14.5 Å². The molecule has 0 aromatic rings. The molecule has 0 spiro atoms. The summed E-state index contributed by atoms with van der Waals surface area (Å²) in [4.78, 5) is 3.22. The molecule has 16 heavy (non-hydrogen) atoms. The molecule has 1 atom stereocenters. The molecule has 0 aromatic carbocycles. The summed E-state index contributed by atoms with van der Waals surface area (Å²) in [7, 11) is -1.27. The van der Waals surface area contributed by atoms with Crippen LogP contribution in [0.2, 0.25) is 0 Å². The van der Waals surface area contributed by atoms with Crippen molar-refractivity contribution in [1.82, 2.24) is 4.67 Å². The summed E-state index contributed by atoms with van der Waals surface area (Å²) in [6.07, 6.45) is 0. The lowest BCUT2D eigenvalue weighted by molar-refractivity contribution is 0.0722. The lowest BCUT2D eigenvalue weighted by atomic mass is 10.3. The van der Waals surface area contributed by atoms with Gasteiger partial charge in [-0.15, -0.1) is 0 Å². The molecule has 1 N–H and O–H groups in total. The highest BCUT2D eigenvalue weighted by atomic mass is 31.2. The molecule has 0 heterocycles. The normalized spacial score (nSPS) is 13.4. The Kier molecular flexibility index (Phi) is 8.73. The van der Waals surface area contributed by atoms with E-state index in [0.29, 0.717) is 13.2 Å². The van der Waals surface area contributed by atoms with E-state index in [1.807, 2.05) is 27.7 Å². The fraction of sp³-hybridized carbons (Fsp3) is 0.900. The van der Waals surface area contributed by atoms with Gasteiger partial charge in [-0.05, 0) is 27.7 Å². The van der Waals surface area contributed by atoms with Crippen molar-refractivity contribution in [3.05, 3.63) is 11.4 Å². The maximum atomic E-state index is 8.83.